The Bertz CT molecular complexity index is 445. The van der Waals surface area contributed by atoms with E-state index in [0.29, 0.717) is 6.42 Å². The molecule has 24 heavy (non-hydrogen) atoms. The van der Waals surface area contributed by atoms with E-state index in [1.165, 1.54) is 6.92 Å². The van der Waals surface area contributed by atoms with Crippen LogP contribution in [0.15, 0.2) is 0 Å². The van der Waals surface area contributed by atoms with Crippen LogP contribution in [0.1, 0.15) is 54.9 Å². The molecule has 1 fully saturated rings. The number of hydrogen-bond acceptors (Lipinski definition) is 4. The molecule has 142 valence electrons. The van der Waals surface area contributed by atoms with Gasteiger partial charge in [-0.2, -0.15) is 0 Å². The fraction of sp³-hybridized carbons (Fsp3) is 0.944. The number of rotatable bonds is 5. The predicted molar refractivity (Wildman–Crippen MR) is 99.4 cm³/mol. The summed E-state index contributed by atoms with van der Waals surface area (Å²) >= 11 is 0. The summed E-state index contributed by atoms with van der Waals surface area (Å²) in [5, 5.41) is 2.98. The van der Waals surface area contributed by atoms with Gasteiger partial charge in [-0.15, -0.1) is 0 Å². The van der Waals surface area contributed by atoms with Crippen LogP contribution in [-0.4, -0.2) is 45.9 Å². The van der Waals surface area contributed by atoms with E-state index in [9.17, 15) is 4.79 Å². The molecule has 1 amide bonds. The van der Waals surface area contributed by atoms with Crippen molar-refractivity contribution in [3.8, 4) is 0 Å². The Hall–Kier alpha value is -0.433. The number of ether oxygens (including phenoxy) is 2. The van der Waals surface area contributed by atoms with Gasteiger partial charge in [0.15, 0.2) is 14.5 Å². The first-order valence-corrected chi connectivity index (χ1v) is 11.8. The Labute approximate surface area is 148 Å². The van der Waals surface area contributed by atoms with Gasteiger partial charge in [-0.25, -0.2) is 0 Å². The van der Waals surface area contributed by atoms with Crippen molar-refractivity contribution in [2.24, 2.45) is 5.41 Å². The third-order valence-corrected chi connectivity index (χ3v) is 10.4. The number of amides is 1. The molecule has 0 radical (unpaired) electrons. The standard InChI is InChI=1S/C18H37NO4Si/c1-12-18(6,7)15(23-24(9,10)17(3,4)5)11-14(22-12)16(21-8)19-13(2)20/h12,14-16H,11H2,1-10H3,(H,19,20)/t12?,14?,15-,16?/m1/s1. The minimum Gasteiger partial charge on any atom is -0.413 e. The molecule has 0 bridgehead atoms. The highest BCUT2D eigenvalue weighted by molar-refractivity contribution is 6.74. The molecular formula is C18H37NO4Si. The largest absolute Gasteiger partial charge is 0.413 e. The Morgan fingerprint density at radius 2 is 1.88 bits per heavy atom. The van der Waals surface area contributed by atoms with Gasteiger partial charge in [-0.3, -0.25) is 4.79 Å². The van der Waals surface area contributed by atoms with Crippen molar-refractivity contribution in [1.82, 2.24) is 5.32 Å². The lowest BCUT2D eigenvalue weighted by molar-refractivity contribution is -0.198. The van der Waals surface area contributed by atoms with Crippen LogP contribution in [0.3, 0.4) is 0 Å². The second kappa shape index (κ2) is 7.44. The molecule has 1 aliphatic heterocycles. The molecule has 4 atom stereocenters. The van der Waals surface area contributed by atoms with Crippen LogP contribution in [0.5, 0.6) is 0 Å². The van der Waals surface area contributed by atoms with Crippen LogP contribution < -0.4 is 5.32 Å². The lowest BCUT2D eigenvalue weighted by Gasteiger charge is -2.51. The molecule has 3 unspecified atom stereocenters. The summed E-state index contributed by atoms with van der Waals surface area (Å²) in [7, 11) is -0.306. The summed E-state index contributed by atoms with van der Waals surface area (Å²) in [4.78, 5) is 11.4. The van der Waals surface area contributed by atoms with Crippen molar-refractivity contribution in [3.63, 3.8) is 0 Å². The quantitative estimate of drug-likeness (QED) is 0.601. The Morgan fingerprint density at radius 3 is 2.29 bits per heavy atom. The third-order valence-electron chi connectivity index (χ3n) is 5.88. The minimum absolute atomic E-state index is 0.0115. The van der Waals surface area contributed by atoms with Gasteiger partial charge in [-0.05, 0) is 25.1 Å². The van der Waals surface area contributed by atoms with Crippen molar-refractivity contribution in [1.29, 1.82) is 0 Å². The number of carbonyl (C=O) groups is 1. The highest BCUT2D eigenvalue weighted by atomic mass is 28.4. The molecule has 0 aromatic heterocycles. The van der Waals surface area contributed by atoms with E-state index in [1.807, 2.05) is 0 Å². The lowest BCUT2D eigenvalue weighted by atomic mass is 9.76. The Kier molecular flexibility index (Phi) is 6.70. The second-order valence-electron chi connectivity index (χ2n) is 9.10. The summed E-state index contributed by atoms with van der Waals surface area (Å²) in [6.45, 7) is 19.3. The van der Waals surface area contributed by atoms with Crippen LogP contribution >= 0.6 is 0 Å². The van der Waals surface area contributed by atoms with E-state index in [-0.39, 0.29) is 34.7 Å². The van der Waals surface area contributed by atoms with E-state index in [1.54, 1.807) is 7.11 Å². The molecule has 5 nitrogen and oxygen atoms in total. The molecule has 6 heteroatoms. The monoisotopic (exact) mass is 359 g/mol. The zero-order valence-electron chi connectivity index (χ0n) is 17.1. The molecule has 0 aromatic carbocycles. The van der Waals surface area contributed by atoms with E-state index in [2.05, 4.69) is 60.0 Å². The highest BCUT2D eigenvalue weighted by Crippen LogP contribution is 2.44. The smallest absolute Gasteiger partial charge is 0.218 e. The van der Waals surface area contributed by atoms with Gasteiger partial charge in [0, 0.05) is 25.9 Å². The van der Waals surface area contributed by atoms with Gasteiger partial charge in [0.25, 0.3) is 0 Å². The average Bonchev–Trinajstić information content (AvgIpc) is 2.39. The van der Waals surface area contributed by atoms with E-state index in [0.717, 1.165) is 0 Å². The maximum atomic E-state index is 11.4. The van der Waals surface area contributed by atoms with Gasteiger partial charge < -0.3 is 19.2 Å². The molecule has 1 heterocycles. The van der Waals surface area contributed by atoms with Crippen molar-refractivity contribution in [3.05, 3.63) is 0 Å². The molecule has 1 aliphatic rings. The normalized spacial score (nSPS) is 29.2. The zero-order valence-corrected chi connectivity index (χ0v) is 18.1. The highest BCUT2D eigenvalue weighted by Gasteiger charge is 2.49. The van der Waals surface area contributed by atoms with Crippen molar-refractivity contribution >= 4 is 14.2 Å². The van der Waals surface area contributed by atoms with Crippen LogP contribution in [-0.2, 0) is 18.7 Å². The molecule has 0 saturated carbocycles. The molecule has 1 rings (SSSR count). The minimum atomic E-state index is -1.90. The molecule has 0 aromatic rings. The van der Waals surface area contributed by atoms with Gasteiger partial charge >= 0.3 is 0 Å². The van der Waals surface area contributed by atoms with E-state index < -0.39 is 14.5 Å². The van der Waals surface area contributed by atoms with Crippen LogP contribution in [0, 0.1) is 5.41 Å². The van der Waals surface area contributed by atoms with Crippen molar-refractivity contribution < 1.29 is 18.7 Å². The average molecular weight is 360 g/mol. The Balaban J connectivity index is 3.01. The molecule has 1 N–H and O–H groups in total. The number of hydrogen-bond donors (Lipinski definition) is 1. The van der Waals surface area contributed by atoms with Crippen LogP contribution in [0.2, 0.25) is 18.1 Å². The second-order valence-corrected chi connectivity index (χ2v) is 13.9. The first-order chi connectivity index (χ1) is 10.7. The van der Waals surface area contributed by atoms with Crippen molar-refractivity contribution in [2.75, 3.05) is 7.11 Å². The fourth-order valence-corrected chi connectivity index (χ4v) is 4.17. The molecular weight excluding hydrogens is 322 g/mol. The predicted octanol–water partition coefficient (Wildman–Crippen LogP) is 3.69. The van der Waals surface area contributed by atoms with Crippen LogP contribution in [0.25, 0.3) is 0 Å². The number of carbonyl (C=O) groups excluding carboxylic acids is 1. The molecule has 0 spiro atoms. The molecule has 1 saturated heterocycles. The number of nitrogens with one attached hydrogen (secondary N) is 1. The number of methoxy groups -OCH3 is 1. The topological polar surface area (TPSA) is 56.8 Å². The van der Waals surface area contributed by atoms with Gasteiger partial charge in [0.05, 0.1) is 12.2 Å². The third kappa shape index (κ3) is 4.81. The van der Waals surface area contributed by atoms with Gasteiger partial charge in [0.1, 0.15) is 6.10 Å². The lowest BCUT2D eigenvalue weighted by Crippen LogP contribution is -2.59. The SMILES string of the molecule is COC(NC(C)=O)C1C[C@@H](O[Si](C)(C)C(C)(C)C)C(C)(C)C(C)O1. The van der Waals surface area contributed by atoms with E-state index in [4.69, 9.17) is 13.9 Å². The maximum absolute atomic E-state index is 11.4. The Morgan fingerprint density at radius 1 is 1.33 bits per heavy atom. The van der Waals surface area contributed by atoms with E-state index >= 15 is 0 Å². The van der Waals surface area contributed by atoms with Gasteiger partial charge in [0.2, 0.25) is 5.91 Å². The first-order valence-electron chi connectivity index (χ1n) is 8.85. The summed E-state index contributed by atoms with van der Waals surface area (Å²) in [6.07, 6.45) is 0.127. The maximum Gasteiger partial charge on any atom is 0.218 e. The summed E-state index contributed by atoms with van der Waals surface area (Å²) in [5.74, 6) is -0.121. The van der Waals surface area contributed by atoms with Crippen molar-refractivity contribution in [2.45, 2.75) is 97.6 Å². The summed E-state index contributed by atoms with van der Waals surface area (Å²) < 4.78 is 18.4. The van der Waals surface area contributed by atoms with Crippen LogP contribution in [0.4, 0.5) is 0 Å². The summed E-state index contributed by atoms with van der Waals surface area (Å²) in [6, 6.07) is 0. The summed E-state index contributed by atoms with van der Waals surface area (Å²) in [5.41, 5.74) is -0.0967. The zero-order chi connectivity index (χ0) is 18.9. The molecule has 0 aliphatic carbocycles. The fourth-order valence-electron chi connectivity index (χ4n) is 2.70. The van der Waals surface area contributed by atoms with Gasteiger partial charge in [-0.1, -0.05) is 34.6 Å². The first kappa shape index (κ1) is 21.6.